The molecule has 3 heterocycles. The zero-order valence-corrected chi connectivity index (χ0v) is 16.6. The number of sulfonamides is 1. The van der Waals surface area contributed by atoms with Gasteiger partial charge in [-0.2, -0.15) is 4.31 Å². The van der Waals surface area contributed by atoms with E-state index in [4.69, 9.17) is 0 Å². The van der Waals surface area contributed by atoms with Crippen LogP contribution >= 0.6 is 12.4 Å². The van der Waals surface area contributed by atoms with Gasteiger partial charge in [-0.3, -0.25) is 4.79 Å². The van der Waals surface area contributed by atoms with Crippen LogP contribution in [-0.4, -0.2) is 50.3 Å². The number of carbonyl (C=O) groups excluding carboxylic acids is 1. The zero-order valence-electron chi connectivity index (χ0n) is 15.0. The van der Waals surface area contributed by atoms with Crippen molar-refractivity contribution in [2.24, 2.45) is 0 Å². The normalized spacial score (nSPS) is 26.0. The van der Waals surface area contributed by atoms with Crippen LogP contribution in [0.25, 0.3) is 0 Å². The van der Waals surface area contributed by atoms with Gasteiger partial charge in [0.1, 0.15) is 0 Å². The van der Waals surface area contributed by atoms with Crippen LogP contribution in [0.1, 0.15) is 38.2 Å². The molecule has 2 bridgehead atoms. The highest BCUT2D eigenvalue weighted by molar-refractivity contribution is 7.89. The van der Waals surface area contributed by atoms with Crippen LogP contribution in [0.4, 0.5) is 5.69 Å². The first kappa shape index (κ1) is 19.6. The van der Waals surface area contributed by atoms with Crippen molar-refractivity contribution in [1.82, 2.24) is 9.62 Å². The number of aryl methyl sites for hydroxylation is 1. The van der Waals surface area contributed by atoms with Crippen molar-refractivity contribution in [1.29, 1.82) is 0 Å². The maximum absolute atomic E-state index is 13.2. The lowest BCUT2D eigenvalue weighted by atomic mass is 10.0. The van der Waals surface area contributed by atoms with Crippen molar-refractivity contribution in [3.8, 4) is 0 Å². The number of amides is 1. The molecule has 0 spiro atoms. The monoisotopic (exact) mass is 399 g/mol. The third-order valence-corrected chi connectivity index (χ3v) is 7.54. The zero-order chi connectivity index (χ0) is 17.6. The molecule has 6 nitrogen and oxygen atoms in total. The largest absolute Gasteiger partial charge is 0.312 e. The Hall–Kier alpha value is -1.15. The molecule has 0 aliphatic carbocycles. The van der Waals surface area contributed by atoms with Crippen LogP contribution in [0.5, 0.6) is 0 Å². The smallest absolute Gasteiger partial charge is 0.243 e. The van der Waals surface area contributed by atoms with Gasteiger partial charge in [-0.05, 0) is 49.8 Å². The van der Waals surface area contributed by atoms with Crippen molar-refractivity contribution in [2.75, 3.05) is 24.5 Å². The summed E-state index contributed by atoms with van der Waals surface area (Å²) in [6.07, 6.45) is 4.85. The Balaban J connectivity index is 0.00000196. The van der Waals surface area contributed by atoms with Gasteiger partial charge < -0.3 is 10.2 Å². The fraction of sp³-hybridized carbons (Fsp3) is 0.611. The van der Waals surface area contributed by atoms with E-state index in [1.807, 2.05) is 6.07 Å². The number of rotatable bonds is 2. The minimum atomic E-state index is -3.54. The van der Waals surface area contributed by atoms with E-state index in [-0.39, 0.29) is 24.4 Å². The molecule has 3 aliphatic heterocycles. The van der Waals surface area contributed by atoms with Gasteiger partial charge in [0.2, 0.25) is 15.9 Å². The molecule has 1 N–H and O–H groups in total. The Morgan fingerprint density at radius 3 is 2.69 bits per heavy atom. The lowest BCUT2D eigenvalue weighted by molar-refractivity contribution is -0.116. The topological polar surface area (TPSA) is 69.7 Å². The van der Waals surface area contributed by atoms with Crippen molar-refractivity contribution in [2.45, 2.75) is 56.0 Å². The molecule has 2 unspecified atom stereocenters. The Morgan fingerprint density at radius 2 is 1.92 bits per heavy atom. The minimum absolute atomic E-state index is 0. The number of anilines is 1. The number of hydrogen-bond acceptors (Lipinski definition) is 4. The van der Waals surface area contributed by atoms with Gasteiger partial charge in [0, 0.05) is 44.3 Å². The second kappa shape index (κ2) is 7.46. The summed E-state index contributed by atoms with van der Waals surface area (Å²) >= 11 is 0. The second-order valence-electron chi connectivity index (χ2n) is 7.35. The molecule has 144 valence electrons. The summed E-state index contributed by atoms with van der Waals surface area (Å²) < 4.78 is 28.0. The van der Waals surface area contributed by atoms with Gasteiger partial charge in [0.05, 0.1) is 4.90 Å². The summed E-state index contributed by atoms with van der Waals surface area (Å²) in [6.45, 7) is 3.28. The molecule has 2 saturated heterocycles. The minimum Gasteiger partial charge on any atom is -0.312 e. The highest BCUT2D eigenvalue weighted by Gasteiger charge is 2.35. The van der Waals surface area contributed by atoms with E-state index >= 15 is 0 Å². The van der Waals surface area contributed by atoms with Gasteiger partial charge in [0.25, 0.3) is 0 Å². The Bertz CT molecular complexity index is 799. The molecule has 0 saturated carbocycles. The molecule has 2 fully saturated rings. The van der Waals surface area contributed by atoms with Crippen LogP contribution in [0.2, 0.25) is 0 Å². The molecule has 4 rings (SSSR count). The summed E-state index contributed by atoms with van der Waals surface area (Å²) in [5.41, 5.74) is 1.81. The first-order valence-electron chi connectivity index (χ1n) is 9.12. The molecule has 1 aromatic carbocycles. The van der Waals surface area contributed by atoms with Crippen molar-refractivity contribution in [3.05, 3.63) is 23.8 Å². The predicted molar refractivity (Wildman–Crippen MR) is 103 cm³/mol. The maximum atomic E-state index is 13.2. The molecule has 0 radical (unpaired) electrons. The lowest BCUT2D eigenvalue weighted by Gasteiger charge is -2.30. The Morgan fingerprint density at radius 1 is 1.15 bits per heavy atom. The van der Waals surface area contributed by atoms with E-state index in [1.165, 1.54) is 6.92 Å². The number of nitrogens with one attached hydrogen (secondary N) is 1. The van der Waals surface area contributed by atoms with Gasteiger partial charge in [0.15, 0.2) is 0 Å². The number of hydrogen-bond donors (Lipinski definition) is 1. The summed E-state index contributed by atoms with van der Waals surface area (Å²) in [5, 5.41) is 3.52. The quantitative estimate of drug-likeness (QED) is 0.824. The van der Waals surface area contributed by atoms with E-state index in [9.17, 15) is 13.2 Å². The van der Waals surface area contributed by atoms with Gasteiger partial charge >= 0.3 is 0 Å². The molecule has 1 aromatic rings. The van der Waals surface area contributed by atoms with Gasteiger partial charge in [-0.25, -0.2) is 8.42 Å². The number of benzene rings is 1. The van der Waals surface area contributed by atoms with Crippen LogP contribution in [0.15, 0.2) is 23.1 Å². The number of halogens is 1. The molecule has 3 aliphatic rings. The van der Waals surface area contributed by atoms with Crippen molar-refractivity contribution >= 4 is 34.0 Å². The number of carbonyl (C=O) groups is 1. The highest BCUT2D eigenvalue weighted by Crippen LogP contribution is 2.32. The number of nitrogens with zero attached hydrogens (tertiary/aromatic N) is 2. The van der Waals surface area contributed by atoms with Crippen LogP contribution < -0.4 is 10.2 Å². The number of fused-ring (bicyclic) bond motifs is 3. The maximum Gasteiger partial charge on any atom is 0.243 e. The Kier molecular flexibility index (Phi) is 5.63. The van der Waals surface area contributed by atoms with E-state index < -0.39 is 10.0 Å². The summed E-state index contributed by atoms with van der Waals surface area (Å²) in [4.78, 5) is 13.9. The standard InChI is InChI=1S/C18H25N3O3S.ClH/c1-13(22)21-9-2-3-14-4-7-17(11-18(14)21)25(23,24)20-10-8-15-5-6-16(12-20)19-15;/h4,7,11,15-16,19H,2-3,5-6,8-10,12H2,1H3;1H. The SMILES string of the molecule is CC(=O)N1CCCc2ccc(S(=O)(=O)N3CCC4CCC(C3)N4)cc21.Cl. The third kappa shape index (κ3) is 3.50. The van der Waals surface area contributed by atoms with E-state index in [0.29, 0.717) is 30.6 Å². The fourth-order valence-corrected chi connectivity index (χ4v) is 5.84. The summed E-state index contributed by atoms with van der Waals surface area (Å²) in [7, 11) is -3.54. The van der Waals surface area contributed by atoms with Crippen LogP contribution in [0.3, 0.4) is 0 Å². The van der Waals surface area contributed by atoms with E-state index in [1.54, 1.807) is 21.3 Å². The van der Waals surface area contributed by atoms with Gasteiger partial charge in [-0.1, -0.05) is 6.07 Å². The first-order chi connectivity index (χ1) is 11.9. The molecule has 1 amide bonds. The van der Waals surface area contributed by atoms with Crippen molar-refractivity contribution in [3.63, 3.8) is 0 Å². The van der Waals surface area contributed by atoms with Crippen molar-refractivity contribution < 1.29 is 13.2 Å². The van der Waals surface area contributed by atoms with Crippen LogP contribution in [-0.2, 0) is 21.2 Å². The average molecular weight is 400 g/mol. The predicted octanol–water partition coefficient (Wildman–Crippen LogP) is 1.92. The van der Waals surface area contributed by atoms with Gasteiger partial charge in [-0.15, -0.1) is 12.4 Å². The second-order valence-corrected chi connectivity index (χ2v) is 9.29. The molecular weight excluding hydrogens is 374 g/mol. The first-order valence-corrected chi connectivity index (χ1v) is 10.6. The summed E-state index contributed by atoms with van der Waals surface area (Å²) in [5.74, 6) is -0.0354. The highest BCUT2D eigenvalue weighted by atomic mass is 35.5. The molecular formula is C18H26ClN3O3S. The molecule has 0 aromatic heterocycles. The van der Waals surface area contributed by atoms with E-state index in [2.05, 4.69) is 5.32 Å². The van der Waals surface area contributed by atoms with Crippen LogP contribution in [0, 0.1) is 0 Å². The molecule has 2 atom stereocenters. The fourth-order valence-electron chi connectivity index (χ4n) is 4.32. The molecule has 8 heteroatoms. The third-order valence-electron chi connectivity index (χ3n) is 5.68. The molecule has 26 heavy (non-hydrogen) atoms. The Labute approximate surface area is 161 Å². The lowest BCUT2D eigenvalue weighted by Crippen LogP contribution is -2.39. The van der Waals surface area contributed by atoms with E-state index in [0.717, 1.165) is 43.4 Å². The summed E-state index contributed by atoms with van der Waals surface area (Å²) in [6, 6.07) is 5.98. The average Bonchev–Trinajstić information content (AvgIpc) is 2.91.